The molecule has 0 saturated heterocycles. The fraction of sp³-hybridized carbons (Fsp3) is 0.250. The second kappa shape index (κ2) is 5.25. The lowest BCUT2D eigenvalue weighted by Crippen LogP contribution is -2.09. The third-order valence-electron chi connectivity index (χ3n) is 2.18. The number of benzene rings is 1. The van der Waals surface area contributed by atoms with Gasteiger partial charge >= 0.3 is 6.08 Å². The van der Waals surface area contributed by atoms with Crippen LogP contribution in [0, 0.1) is 0 Å². The summed E-state index contributed by atoms with van der Waals surface area (Å²) in [7, 11) is 0. The maximum absolute atomic E-state index is 11.0. The van der Waals surface area contributed by atoms with E-state index in [1.54, 1.807) is 6.92 Å². The molecule has 0 amide bonds. The van der Waals surface area contributed by atoms with Crippen molar-refractivity contribution in [1.29, 1.82) is 0 Å². The van der Waals surface area contributed by atoms with Crippen molar-refractivity contribution in [3.63, 3.8) is 0 Å². The molecule has 0 unspecified atom stereocenters. The molecule has 0 aliphatic carbocycles. The van der Waals surface area contributed by atoms with E-state index in [2.05, 4.69) is 10.2 Å². The number of Topliss-reactive ketones (excluding diaryl/α,β-unsaturated/α-hetero) is 1. The SMILES string of the molecule is CCC(=O)COc1nnc(-c2ccccc2)o1. The zero-order valence-corrected chi connectivity index (χ0v) is 9.42. The second-order valence-corrected chi connectivity index (χ2v) is 3.42. The molecule has 0 atom stereocenters. The summed E-state index contributed by atoms with van der Waals surface area (Å²) in [6.45, 7) is 1.74. The number of carbonyl (C=O) groups is 1. The summed E-state index contributed by atoms with van der Waals surface area (Å²) in [5.74, 6) is 0.369. The van der Waals surface area contributed by atoms with Crippen LogP contribution in [-0.4, -0.2) is 22.6 Å². The van der Waals surface area contributed by atoms with E-state index in [1.807, 2.05) is 30.3 Å². The first-order chi connectivity index (χ1) is 8.29. The minimum Gasteiger partial charge on any atom is -0.441 e. The number of hydrogen-bond donors (Lipinski definition) is 0. The normalized spacial score (nSPS) is 10.2. The Hall–Kier alpha value is -2.17. The average molecular weight is 232 g/mol. The first-order valence-electron chi connectivity index (χ1n) is 5.33. The van der Waals surface area contributed by atoms with Crippen LogP contribution >= 0.6 is 0 Å². The Bertz CT molecular complexity index is 493. The average Bonchev–Trinajstić information content (AvgIpc) is 2.86. The van der Waals surface area contributed by atoms with Gasteiger partial charge in [0.05, 0.1) is 0 Å². The van der Waals surface area contributed by atoms with Crippen molar-refractivity contribution in [3.8, 4) is 17.5 Å². The summed E-state index contributed by atoms with van der Waals surface area (Å²) < 4.78 is 10.3. The van der Waals surface area contributed by atoms with Gasteiger partial charge in [-0.15, -0.1) is 5.10 Å². The quantitative estimate of drug-likeness (QED) is 0.789. The molecule has 0 fully saturated rings. The minimum atomic E-state index is -0.0348. The van der Waals surface area contributed by atoms with E-state index in [1.165, 1.54) is 0 Å². The highest BCUT2D eigenvalue weighted by Gasteiger charge is 2.10. The summed E-state index contributed by atoms with van der Waals surface area (Å²) in [5.41, 5.74) is 0.816. The van der Waals surface area contributed by atoms with Gasteiger partial charge in [0.2, 0.25) is 0 Å². The van der Waals surface area contributed by atoms with Crippen molar-refractivity contribution in [2.24, 2.45) is 0 Å². The van der Waals surface area contributed by atoms with Crippen LogP contribution in [0.1, 0.15) is 13.3 Å². The number of hydrogen-bond acceptors (Lipinski definition) is 5. The Morgan fingerprint density at radius 2 is 2.06 bits per heavy atom. The van der Waals surface area contributed by atoms with Gasteiger partial charge in [0, 0.05) is 12.0 Å². The highest BCUT2D eigenvalue weighted by Crippen LogP contribution is 2.20. The van der Waals surface area contributed by atoms with Gasteiger partial charge in [-0.25, -0.2) is 0 Å². The van der Waals surface area contributed by atoms with Crippen molar-refractivity contribution in [2.45, 2.75) is 13.3 Å². The lowest BCUT2D eigenvalue weighted by Gasteiger charge is -1.97. The van der Waals surface area contributed by atoms with Gasteiger partial charge in [0.25, 0.3) is 5.89 Å². The molecule has 88 valence electrons. The summed E-state index contributed by atoms with van der Waals surface area (Å²) >= 11 is 0. The van der Waals surface area contributed by atoms with E-state index in [4.69, 9.17) is 9.15 Å². The van der Waals surface area contributed by atoms with Crippen LogP contribution in [0.5, 0.6) is 6.08 Å². The molecule has 0 spiro atoms. The monoisotopic (exact) mass is 232 g/mol. The van der Waals surface area contributed by atoms with E-state index in [0.717, 1.165) is 5.56 Å². The lowest BCUT2D eigenvalue weighted by molar-refractivity contribution is -0.121. The molecule has 0 N–H and O–H groups in total. The number of nitrogens with zero attached hydrogens (tertiary/aromatic N) is 2. The summed E-state index contributed by atoms with van der Waals surface area (Å²) in [6.07, 6.45) is 0.449. The Kier molecular flexibility index (Phi) is 3.49. The topological polar surface area (TPSA) is 65.2 Å². The smallest absolute Gasteiger partial charge is 0.415 e. The largest absolute Gasteiger partial charge is 0.441 e. The lowest BCUT2D eigenvalue weighted by atomic mass is 10.2. The fourth-order valence-corrected chi connectivity index (χ4v) is 1.21. The van der Waals surface area contributed by atoms with Crippen LogP contribution in [0.2, 0.25) is 0 Å². The maximum Gasteiger partial charge on any atom is 0.415 e. The van der Waals surface area contributed by atoms with E-state index in [-0.39, 0.29) is 18.5 Å². The van der Waals surface area contributed by atoms with Gasteiger partial charge in [-0.3, -0.25) is 4.79 Å². The molecule has 2 aromatic rings. The van der Waals surface area contributed by atoms with Gasteiger partial charge in [-0.1, -0.05) is 30.2 Å². The highest BCUT2D eigenvalue weighted by atomic mass is 16.6. The molecular weight excluding hydrogens is 220 g/mol. The molecule has 0 aliphatic heterocycles. The highest BCUT2D eigenvalue weighted by molar-refractivity contribution is 5.79. The molecule has 0 radical (unpaired) electrons. The van der Waals surface area contributed by atoms with Gasteiger partial charge in [-0.2, -0.15) is 0 Å². The molecule has 0 saturated carbocycles. The summed E-state index contributed by atoms with van der Waals surface area (Å²) in [5, 5.41) is 7.54. The maximum atomic E-state index is 11.0. The fourth-order valence-electron chi connectivity index (χ4n) is 1.21. The molecule has 17 heavy (non-hydrogen) atoms. The predicted molar refractivity (Wildman–Crippen MR) is 60.5 cm³/mol. The van der Waals surface area contributed by atoms with Crippen molar-refractivity contribution in [1.82, 2.24) is 10.2 Å². The molecule has 1 heterocycles. The van der Waals surface area contributed by atoms with Crippen LogP contribution in [0.3, 0.4) is 0 Å². The number of ketones is 1. The van der Waals surface area contributed by atoms with Crippen molar-refractivity contribution < 1.29 is 13.9 Å². The van der Waals surface area contributed by atoms with Crippen LogP contribution in [0.4, 0.5) is 0 Å². The van der Waals surface area contributed by atoms with E-state index in [9.17, 15) is 4.79 Å². The van der Waals surface area contributed by atoms with E-state index in [0.29, 0.717) is 12.3 Å². The third-order valence-corrected chi connectivity index (χ3v) is 2.18. The molecular formula is C12H12N2O3. The van der Waals surface area contributed by atoms with E-state index >= 15 is 0 Å². The zero-order chi connectivity index (χ0) is 12.1. The number of ether oxygens (including phenoxy) is 1. The summed E-state index contributed by atoms with van der Waals surface area (Å²) in [4.78, 5) is 11.0. The van der Waals surface area contributed by atoms with Gasteiger partial charge < -0.3 is 9.15 Å². The van der Waals surface area contributed by atoms with Gasteiger partial charge in [-0.05, 0) is 12.1 Å². The first kappa shape index (κ1) is 11.3. The van der Waals surface area contributed by atoms with Crippen LogP contribution in [-0.2, 0) is 4.79 Å². The molecule has 1 aromatic heterocycles. The Labute approximate surface area is 98.4 Å². The number of aromatic nitrogens is 2. The number of rotatable bonds is 5. The Morgan fingerprint density at radius 3 is 2.76 bits per heavy atom. The van der Waals surface area contributed by atoms with Crippen molar-refractivity contribution in [3.05, 3.63) is 30.3 Å². The molecule has 0 aliphatic rings. The van der Waals surface area contributed by atoms with Crippen LogP contribution < -0.4 is 4.74 Å². The van der Waals surface area contributed by atoms with E-state index < -0.39 is 0 Å². The van der Waals surface area contributed by atoms with Gasteiger partial charge in [0.15, 0.2) is 12.4 Å². The Balaban J connectivity index is 2.04. The van der Waals surface area contributed by atoms with Crippen LogP contribution in [0.25, 0.3) is 11.5 Å². The molecule has 5 heteroatoms. The van der Waals surface area contributed by atoms with Crippen molar-refractivity contribution >= 4 is 5.78 Å². The minimum absolute atomic E-state index is 0.00976. The summed E-state index contributed by atoms with van der Waals surface area (Å²) in [6, 6.07) is 9.36. The molecule has 1 aromatic carbocycles. The zero-order valence-electron chi connectivity index (χ0n) is 9.42. The number of carbonyl (C=O) groups excluding carboxylic acids is 1. The Morgan fingerprint density at radius 1 is 1.29 bits per heavy atom. The predicted octanol–water partition coefficient (Wildman–Crippen LogP) is 2.09. The van der Waals surface area contributed by atoms with Gasteiger partial charge in [0.1, 0.15) is 0 Å². The van der Waals surface area contributed by atoms with Crippen molar-refractivity contribution in [2.75, 3.05) is 6.61 Å². The molecule has 0 bridgehead atoms. The molecule has 2 rings (SSSR count). The van der Waals surface area contributed by atoms with Crippen LogP contribution in [0.15, 0.2) is 34.7 Å². The first-order valence-corrected chi connectivity index (χ1v) is 5.33. The standard InChI is InChI=1S/C12H12N2O3/c1-2-10(15)8-16-12-14-13-11(17-12)9-6-4-3-5-7-9/h3-7H,2,8H2,1H3. The molecule has 5 nitrogen and oxygen atoms in total. The third kappa shape index (κ3) is 2.90. The second-order valence-electron chi connectivity index (χ2n) is 3.42.